The highest BCUT2D eigenvalue weighted by molar-refractivity contribution is 5.91. The zero-order valence-electron chi connectivity index (χ0n) is 20.0. The van der Waals surface area contributed by atoms with Crippen molar-refractivity contribution in [2.24, 2.45) is 11.3 Å². The first-order chi connectivity index (χ1) is 13.8. The number of nitrogens with zero attached hydrogens (tertiary/aromatic N) is 2. The van der Waals surface area contributed by atoms with E-state index < -0.39 is 17.4 Å². The van der Waals surface area contributed by atoms with Gasteiger partial charge < -0.3 is 15.3 Å². The second-order valence-corrected chi connectivity index (χ2v) is 9.78. The number of hydrogen-bond acceptors (Lipinski definition) is 4. The average molecular weight is 424 g/mol. The highest BCUT2D eigenvalue weighted by Gasteiger charge is 2.39. The zero-order chi connectivity index (χ0) is 23.2. The number of aliphatic carboxylic acids is 1. The number of likely N-dealkylation sites (N-methyl/N-ethyl adjacent to an activating group) is 2. The molecule has 1 saturated heterocycles. The fraction of sp³-hybridized carbons (Fsp3) is 0.783. The Hall–Kier alpha value is -1.89. The predicted molar refractivity (Wildman–Crippen MR) is 119 cm³/mol. The summed E-state index contributed by atoms with van der Waals surface area (Å²) in [4.78, 5) is 41.5. The molecule has 1 fully saturated rings. The lowest BCUT2D eigenvalue weighted by atomic mass is 9.84. The molecule has 2 N–H and O–H groups in total. The molecule has 0 radical (unpaired) electrons. The van der Waals surface area contributed by atoms with Crippen LogP contribution in [0.5, 0.6) is 0 Å². The molecule has 0 bridgehead atoms. The summed E-state index contributed by atoms with van der Waals surface area (Å²) in [7, 11) is 3.64. The van der Waals surface area contributed by atoms with Gasteiger partial charge in [-0.15, -0.1) is 0 Å². The van der Waals surface area contributed by atoms with Crippen LogP contribution < -0.4 is 5.32 Å². The third-order valence-corrected chi connectivity index (χ3v) is 6.25. The molecule has 172 valence electrons. The van der Waals surface area contributed by atoms with Gasteiger partial charge in [0.05, 0.1) is 12.1 Å². The van der Waals surface area contributed by atoms with Crippen LogP contribution in [0.15, 0.2) is 11.6 Å². The van der Waals surface area contributed by atoms with Gasteiger partial charge in [0.15, 0.2) is 0 Å². The van der Waals surface area contributed by atoms with Crippen molar-refractivity contribution in [3.8, 4) is 0 Å². The molecule has 2 unspecified atom stereocenters. The van der Waals surface area contributed by atoms with Crippen molar-refractivity contribution in [3.05, 3.63) is 11.6 Å². The minimum atomic E-state index is -0.995. The first-order valence-corrected chi connectivity index (χ1v) is 11.0. The summed E-state index contributed by atoms with van der Waals surface area (Å²) in [5, 5.41) is 12.3. The maximum absolute atomic E-state index is 13.5. The minimum absolute atomic E-state index is 0.0778. The molecular weight excluding hydrogens is 382 g/mol. The lowest BCUT2D eigenvalue weighted by molar-refractivity contribution is -0.141. The number of rotatable bonds is 8. The highest BCUT2D eigenvalue weighted by Crippen LogP contribution is 2.25. The minimum Gasteiger partial charge on any atom is -0.478 e. The Morgan fingerprint density at radius 1 is 1.27 bits per heavy atom. The van der Waals surface area contributed by atoms with Crippen LogP contribution in [0.2, 0.25) is 0 Å². The molecule has 1 aliphatic heterocycles. The van der Waals surface area contributed by atoms with E-state index in [1.165, 1.54) is 6.92 Å². The Morgan fingerprint density at radius 2 is 1.87 bits per heavy atom. The van der Waals surface area contributed by atoms with E-state index in [9.17, 15) is 19.5 Å². The molecule has 1 aliphatic rings. The monoisotopic (exact) mass is 423 g/mol. The molecular formula is C23H41N3O4. The number of carboxylic acid groups (broad SMARTS) is 1. The molecule has 0 saturated carbocycles. The summed E-state index contributed by atoms with van der Waals surface area (Å²) >= 11 is 0. The van der Waals surface area contributed by atoms with Crippen LogP contribution in [0.3, 0.4) is 0 Å². The molecule has 0 aromatic rings. The van der Waals surface area contributed by atoms with E-state index in [0.717, 1.165) is 32.2 Å². The summed E-state index contributed by atoms with van der Waals surface area (Å²) in [6.07, 6.45) is 5.32. The maximum atomic E-state index is 13.5. The van der Waals surface area contributed by atoms with E-state index in [1.807, 2.05) is 46.6 Å². The van der Waals surface area contributed by atoms with Gasteiger partial charge in [-0.1, -0.05) is 53.5 Å². The van der Waals surface area contributed by atoms with Gasteiger partial charge >= 0.3 is 5.97 Å². The fourth-order valence-corrected chi connectivity index (χ4v) is 3.87. The van der Waals surface area contributed by atoms with Crippen LogP contribution in [0, 0.1) is 11.3 Å². The first kappa shape index (κ1) is 26.1. The summed E-state index contributed by atoms with van der Waals surface area (Å²) in [5.41, 5.74) is -0.278. The average Bonchev–Trinajstić information content (AvgIpc) is 2.67. The van der Waals surface area contributed by atoms with E-state index in [-0.39, 0.29) is 35.4 Å². The van der Waals surface area contributed by atoms with Crippen molar-refractivity contribution in [2.75, 3.05) is 20.6 Å². The number of amides is 2. The predicted octanol–water partition coefficient (Wildman–Crippen LogP) is 2.91. The summed E-state index contributed by atoms with van der Waals surface area (Å²) in [6.45, 7) is 12.2. The van der Waals surface area contributed by atoms with E-state index in [4.69, 9.17) is 0 Å². The molecule has 7 heteroatoms. The lowest BCUT2D eigenvalue weighted by Crippen LogP contribution is -2.59. The Balaban J connectivity index is 3.14. The second-order valence-electron chi connectivity index (χ2n) is 9.78. The first-order valence-electron chi connectivity index (χ1n) is 11.0. The van der Waals surface area contributed by atoms with E-state index >= 15 is 0 Å². The van der Waals surface area contributed by atoms with E-state index in [2.05, 4.69) is 5.32 Å². The van der Waals surface area contributed by atoms with Crippen LogP contribution in [0.4, 0.5) is 0 Å². The molecule has 4 atom stereocenters. The van der Waals surface area contributed by atoms with Crippen LogP contribution in [0.25, 0.3) is 0 Å². The van der Waals surface area contributed by atoms with Gasteiger partial charge in [-0.3, -0.25) is 14.5 Å². The van der Waals surface area contributed by atoms with Gasteiger partial charge in [-0.2, -0.15) is 0 Å². The van der Waals surface area contributed by atoms with Crippen molar-refractivity contribution in [1.82, 2.24) is 15.1 Å². The zero-order valence-corrected chi connectivity index (χ0v) is 20.0. The number of likely N-dealkylation sites (tertiary alicyclic amines) is 1. The molecule has 2 amide bonds. The van der Waals surface area contributed by atoms with Gasteiger partial charge in [-0.05, 0) is 44.7 Å². The van der Waals surface area contributed by atoms with Gasteiger partial charge in [0.2, 0.25) is 11.8 Å². The van der Waals surface area contributed by atoms with Gasteiger partial charge in [0, 0.05) is 12.6 Å². The van der Waals surface area contributed by atoms with Crippen LogP contribution in [-0.4, -0.2) is 71.5 Å². The normalized spacial score (nSPS) is 21.5. The standard InChI is InChI=1S/C23H41N3O4/c1-9-15(2)18(14-16(3)22(29)30)26(8)21(28)19(23(4,5)6)24-20(27)17-12-10-11-13-25(17)7/h14-15,17-19H,9-13H2,1-8H3,(H,24,27)(H,29,30)/b16-14+/t15?,17?,18-,19-/m1/s1. The van der Waals surface area contributed by atoms with Gasteiger partial charge in [0.25, 0.3) is 0 Å². The third-order valence-electron chi connectivity index (χ3n) is 6.25. The van der Waals surface area contributed by atoms with Crippen molar-refractivity contribution < 1.29 is 19.5 Å². The fourth-order valence-electron chi connectivity index (χ4n) is 3.87. The Bertz CT molecular complexity index is 653. The summed E-state index contributed by atoms with van der Waals surface area (Å²) in [6, 6.07) is -1.28. The number of carboxylic acids is 1. The maximum Gasteiger partial charge on any atom is 0.331 e. The molecule has 30 heavy (non-hydrogen) atoms. The van der Waals surface area contributed by atoms with E-state index in [1.54, 1.807) is 18.0 Å². The van der Waals surface area contributed by atoms with Crippen molar-refractivity contribution in [2.45, 2.75) is 85.4 Å². The molecule has 0 aliphatic carbocycles. The highest BCUT2D eigenvalue weighted by atomic mass is 16.4. The second kappa shape index (κ2) is 10.9. The molecule has 0 aromatic heterocycles. The van der Waals surface area contributed by atoms with Crippen molar-refractivity contribution in [1.29, 1.82) is 0 Å². The number of carbonyl (C=O) groups is 3. The lowest BCUT2D eigenvalue weighted by Gasteiger charge is -2.39. The quantitative estimate of drug-likeness (QED) is 0.586. The van der Waals surface area contributed by atoms with Crippen LogP contribution in [-0.2, 0) is 14.4 Å². The molecule has 0 spiro atoms. The topological polar surface area (TPSA) is 90.0 Å². The summed E-state index contributed by atoms with van der Waals surface area (Å²) < 4.78 is 0. The van der Waals surface area contributed by atoms with Gasteiger partial charge in [0.1, 0.15) is 6.04 Å². The number of hydrogen-bond donors (Lipinski definition) is 2. The Morgan fingerprint density at radius 3 is 2.33 bits per heavy atom. The van der Waals surface area contributed by atoms with Crippen molar-refractivity contribution >= 4 is 17.8 Å². The number of piperidine rings is 1. The molecule has 1 heterocycles. The van der Waals surface area contributed by atoms with Gasteiger partial charge in [-0.25, -0.2) is 4.79 Å². The van der Waals surface area contributed by atoms with Crippen molar-refractivity contribution in [3.63, 3.8) is 0 Å². The third kappa shape index (κ3) is 6.83. The van der Waals surface area contributed by atoms with E-state index in [0.29, 0.717) is 0 Å². The van der Waals surface area contributed by atoms with Crippen LogP contribution in [0.1, 0.15) is 67.2 Å². The molecule has 0 aromatic carbocycles. The molecule has 7 nitrogen and oxygen atoms in total. The summed E-state index contributed by atoms with van der Waals surface area (Å²) in [5.74, 6) is -1.23. The van der Waals surface area contributed by atoms with Crippen LogP contribution >= 0.6 is 0 Å². The number of carbonyl (C=O) groups excluding carboxylic acids is 2. The number of nitrogens with one attached hydrogen (secondary N) is 1. The molecule has 1 rings (SSSR count). The SMILES string of the molecule is CCC(C)[C@@H](/C=C(\C)C(=O)O)N(C)C(=O)[C@@H](NC(=O)C1CCCCN1C)C(C)(C)C. The Labute approximate surface area is 181 Å². The smallest absolute Gasteiger partial charge is 0.331 e. The largest absolute Gasteiger partial charge is 0.478 e. The Kier molecular flexibility index (Phi) is 9.53.